The van der Waals surface area contributed by atoms with E-state index in [9.17, 15) is 14.4 Å². The van der Waals surface area contributed by atoms with Gasteiger partial charge in [0, 0.05) is 23.6 Å². The molecule has 1 heterocycles. The molecule has 8 nitrogen and oxygen atoms in total. The van der Waals surface area contributed by atoms with Crippen molar-refractivity contribution in [2.24, 2.45) is 5.10 Å². The van der Waals surface area contributed by atoms with Crippen molar-refractivity contribution in [3.05, 3.63) is 89.7 Å². The van der Waals surface area contributed by atoms with Crippen molar-refractivity contribution in [2.45, 2.75) is 6.92 Å². The van der Waals surface area contributed by atoms with Gasteiger partial charge >= 0.3 is 11.8 Å². The fourth-order valence-corrected chi connectivity index (χ4v) is 2.47. The fourth-order valence-electron chi connectivity index (χ4n) is 2.47. The van der Waals surface area contributed by atoms with Gasteiger partial charge < -0.3 is 10.6 Å². The first-order chi connectivity index (χ1) is 14.5. The summed E-state index contributed by atoms with van der Waals surface area (Å²) < 4.78 is 0. The van der Waals surface area contributed by atoms with E-state index in [2.05, 4.69) is 26.1 Å². The Balaban J connectivity index is 1.64. The van der Waals surface area contributed by atoms with Crippen molar-refractivity contribution in [2.75, 3.05) is 10.6 Å². The second kappa shape index (κ2) is 9.74. The smallest absolute Gasteiger partial charge is 0.322 e. The lowest BCUT2D eigenvalue weighted by molar-refractivity contribution is -0.136. The molecule has 0 aliphatic heterocycles. The van der Waals surface area contributed by atoms with E-state index in [4.69, 9.17) is 0 Å². The van der Waals surface area contributed by atoms with E-state index in [1.54, 1.807) is 54.9 Å². The summed E-state index contributed by atoms with van der Waals surface area (Å²) in [4.78, 5) is 40.7. The summed E-state index contributed by atoms with van der Waals surface area (Å²) in [7, 11) is 0. The van der Waals surface area contributed by atoms with Crippen molar-refractivity contribution in [1.82, 2.24) is 10.4 Å². The molecule has 0 bridgehead atoms. The van der Waals surface area contributed by atoms with Gasteiger partial charge in [-0.25, -0.2) is 5.43 Å². The molecule has 3 rings (SSSR count). The van der Waals surface area contributed by atoms with E-state index >= 15 is 0 Å². The van der Waals surface area contributed by atoms with Gasteiger partial charge in [0.1, 0.15) is 0 Å². The number of rotatable bonds is 5. The Morgan fingerprint density at radius 3 is 2.40 bits per heavy atom. The van der Waals surface area contributed by atoms with Crippen LogP contribution in [0.5, 0.6) is 0 Å². The zero-order valence-corrected chi connectivity index (χ0v) is 16.1. The second-order valence-electron chi connectivity index (χ2n) is 6.31. The number of pyridine rings is 1. The molecule has 0 saturated carbocycles. The van der Waals surface area contributed by atoms with E-state index < -0.39 is 17.7 Å². The number of nitrogens with one attached hydrogen (secondary N) is 3. The van der Waals surface area contributed by atoms with Gasteiger partial charge in [-0.05, 0) is 37.3 Å². The van der Waals surface area contributed by atoms with Crippen LogP contribution in [0, 0.1) is 6.92 Å². The minimum Gasteiger partial charge on any atom is -0.322 e. The van der Waals surface area contributed by atoms with Gasteiger partial charge in [-0.2, -0.15) is 5.10 Å². The first kappa shape index (κ1) is 20.4. The average molecular weight is 401 g/mol. The molecule has 3 aromatic rings. The highest BCUT2D eigenvalue weighted by Gasteiger charge is 2.17. The van der Waals surface area contributed by atoms with Crippen LogP contribution in [0.15, 0.2) is 78.2 Å². The van der Waals surface area contributed by atoms with Crippen LogP contribution in [0.1, 0.15) is 21.5 Å². The second-order valence-corrected chi connectivity index (χ2v) is 6.31. The number of nitrogens with zero attached hydrogens (tertiary/aromatic N) is 2. The topological polar surface area (TPSA) is 113 Å². The van der Waals surface area contributed by atoms with Gasteiger partial charge in [0.05, 0.1) is 17.5 Å². The van der Waals surface area contributed by atoms with E-state index in [1.807, 2.05) is 19.1 Å². The molecule has 0 radical (unpaired) electrons. The third-order valence-electron chi connectivity index (χ3n) is 4.00. The molecule has 0 saturated heterocycles. The lowest BCUT2D eigenvalue weighted by atomic mass is 10.1. The highest BCUT2D eigenvalue weighted by atomic mass is 16.2. The number of amides is 3. The van der Waals surface area contributed by atoms with Gasteiger partial charge in [0.15, 0.2) is 0 Å². The molecule has 0 atom stereocenters. The molecule has 30 heavy (non-hydrogen) atoms. The minimum absolute atomic E-state index is 0.207. The molecule has 150 valence electrons. The number of hydrazone groups is 1. The Morgan fingerprint density at radius 1 is 0.900 bits per heavy atom. The van der Waals surface area contributed by atoms with Gasteiger partial charge in [0.25, 0.3) is 5.91 Å². The number of aryl methyl sites for hydroxylation is 1. The molecule has 0 aliphatic rings. The van der Waals surface area contributed by atoms with Gasteiger partial charge in [-0.15, -0.1) is 0 Å². The van der Waals surface area contributed by atoms with Gasteiger partial charge in [-0.1, -0.05) is 35.9 Å². The predicted molar refractivity (Wildman–Crippen MR) is 114 cm³/mol. The van der Waals surface area contributed by atoms with Crippen LogP contribution in [0.3, 0.4) is 0 Å². The zero-order chi connectivity index (χ0) is 21.3. The zero-order valence-electron chi connectivity index (χ0n) is 16.1. The minimum atomic E-state index is -0.969. The van der Waals surface area contributed by atoms with Crippen LogP contribution in [0.25, 0.3) is 0 Å². The van der Waals surface area contributed by atoms with Crippen LogP contribution >= 0.6 is 0 Å². The summed E-state index contributed by atoms with van der Waals surface area (Å²) in [5.74, 6) is -2.33. The maximum atomic E-state index is 12.6. The van der Waals surface area contributed by atoms with Crippen molar-refractivity contribution in [3.63, 3.8) is 0 Å². The van der Waals surface area contributed by atoms with Crippen LogP contribution in [0.2, 0.25) is 0 Å². The monoisotopic (exact) mass is 401 g/mol. The van der Waals surface area contributed by atoms with Crippen molar-refractivity contribution in [3.8, 4) is 0 Å². The summed E-state index contributed by atoms with van der Waals surface area (Å²) >= 11 is 0. The molecule has 3 N–H and O–H groups in total. The summed E-state index contributed by atoms with van der Waals surface area (Å²) in [5.41, 5.74) is 4.91. The number of para-hydroxylation sites is 1. The number of benzene rings is 2. The molecule has 0 unspecified atom stereocenters. The maximum Gasteiger partial charge on any atom is 0.329 e. The van der Waals surface area contributed by atoms with Crippen LogP contribution in [0.4, 0.5) is 11.4 Å². The number of aromatic nitrogens is 1. The summed E-state index contributed by atoms with van der Waals surface area (Å²) in [5, 5.41) is 8.92. The Labute approximate surface area is 173 Å². The number of hydrogen-bond donors (Lipinski definition) is 3. The predicted octanol–water partition coefficient (Wildman–Crippen LogP) is 2.73. The van der Waals surface area contributed by atoms with E-state index in [-0.39, 0.29) is 11.3 Å². The van der Waals surface area contributed by atoms with Crippen molar-refractivity contribution in [1.29, 1.82) is 0 Å². The molecule has 2 aromatic carbocycles. The lowest BCUT2D eigenvalue weighted by Crippen LogP contribution is -2.33. The Hall–Kier alpha value is -4.33. The molecule has 0 spiro atoms. The number of anilines is 2. The third-order valence-corrected chi connectivity index (χ3v) is 4.00. The SMILES string of the molecule is Cc1ccc(NC(=O)c2ccccc2NC(=O)C(=O)N/N=C\c2cccnc2)cc1. The third kappa shape index (κ3) is 5.59. The molecule has 0 aliphatic carbocycles. The van der Waals surface area contributed by atoms with Crippen LogP contribution in [-0.2, 0) is 9.59 Å². The molecule has 8 heteroatoms. The fraction of sp³-hybridized carbons (Fsp3) is 0.0455. The van der Waals surface area contributed by atoms with Gasteiger partial charge in [-0.3, -0.25) is 19.4 Å². The Kier molecular flexibility index (Phi) is 6.63. The van der Waals surface area contributed by atoms with E-state index in [1.165, 1.54) is 12.3 Å². The molecule has 3 amide bonds. The highest BCUT2D eigenvalue weighted by Crippen LogP contribution is 2.18. The van der Waals surface area contributed by atoms with Crippen LogP contribution < -0.4 is 16.1 Å². The Morgan fingerprint density at radius 2 is 1.67 bits per heavy atom. The quantitative estimate of drug-likeness (QED) is 0.347. The van der Waals surface area contributed by atoms with Crippen LogP contribution in [-0.4, -0.2) is 28.9 Å². The van der Waals surface area contributed by atoms with E-state index in [0.717, 1.165) is 5.56 Å². The first-order valence-electron chi connectivity index (χ1n) is 9.04. The Bertz CT molecular complexity index is 1080. The molecular formula is C22H19N5O3. The highest BCUT2D eigenvalue weighted by molar-refractivity contribution is 6.40. The number of carbonyl (C=O) groups is 3. The van der Waals surface area contributed by atoms with E-state index in [0.29, 0.717) is 11.3 Å². The van der Waals surface area contributed by atoms with Crippen molar-refractivity contribution >= 4 is 35.3 Å². The average Bonchev–Trinajstić information content (AvgIpc) is 2.76. The largest absolute Gasteiger partial charge is 0.329 e. The molecular weight excluding hydrogens is 382 g/mol. The summed E-state index contributed by atoms with van der Waals surface area (Å²) in [6, 6.07) is 17.2. The lowest BCUT2D eigenvalue weighted by Gasteiger charge is -2.11. The van der Waals surface area contributed by atoms with Gasteiger partial charge in [0.2, 0.25) is 0 Å². The summed E-state index contributed by atoms with van der Waals surface area (Å²) in [6.07, 6.45) is 4.52. The number of carbonyl (C=O) groups excluding carboxylic acids is 3. The van der Waals surface area contributed by atoms with Crippen molar-refractivity contribution < 1.29 is 14.4 Å². The summed E-state index contributed by atoms with van der Waals surface area (Å²) in [6.45, 7) is 1.95. The normalized spacial score (nSPS) is 10.4. The molecule has 0 fully saturated rings. The molecule has 1 aromatic heterocycles. The first-order valence-corrected chi connectivity index (χ1v) is 9.04. The maximum absolute atomic E-state index is 12.6. The standard InChI is InChI=1S/C22H19N5O3/c1-15-8-10-17(11-9-15)25-20(28)18-6-2-3-7-19(18)26-21(29)22(30)27-24-14-16-5-4-12-23-13-16/h2-14H,1H3,(H,25,28)(H,26,29)(H,27,30)/b24-14-. The number of hydrogen-bond acceptors (Lipinski definition) is 5.